The van der Waals surface area contributed by atoms with Gasteiger partial charge in [0.05, 0.1) is 25.9 Å². The van der Waals surface area contributed by atoms with Crippen LogP contribution in [0.1, 0.15) is 29.5 Å². The van der Waals surface area contributed by atoms with Crippen LogP contribution in [0.4, 0.5) is 0 Å². The predicted molar refractivity (Wildman–Crippen MR) is 101 cm³/mol. The van der Waals surface area contributed by atoms with Gasteiger partial charge >= 0.3 is 0 Å². The number of hydrogen-bond acceptors (Lipinski definition) is 4. The molecule has 0 amide bonds. The van der Waals surface area contributed by atoms with Gasteiger partial charge in [0.15, 0.2) is 0 Å². The molecular weight excluding hydrogens is 326 g/mol. The summed E-state index contributed by atoms with van der Waals surface area (Å²) < 4.78 is 11.1. The van der Waals surface area contributed by atoms with Crippen LogP contribution < -0.4 is 4.74 Å². The van der Waals surface area contributed by atoms with Gasteiger partial charge in [-0.25, -0.2) is 0 Å². The van der Waals surface area contributed by atoms with Gasteiger partial charge in [-0.3, -0.25) is 4.90 Å². The summed E-state index contributed by atoms with van der Waals surface area (Å²) in [5, 5.41) is 11.6. The van der Waals surface area contributed by atoms with E-state index in [0.717, 1.165) is 23.4 Å². The highest BCUT2D eigenvalue weighted by Crippen LogP contribution is 2.43. The molecule has 0 saturated carbocycles. The van der Waals surface area contributed by atoms with Crippen LogP contribution in [0, 0.1) is 6.92 Å². The Labute approximate surface area is 155 Å². The van der Waals surface area contributed by atoms with E-state index >= 15 is 0 Å². The van der Waals surface area contributed by atoms with Crippen LogP contribution in [0.3, 0.4) is 0 Å². The van der Waals surface area contributed by atoms with Crippen LogP contribution in [0.25, 0.3) is 0 Å². The molecule has 2 atom stereocenters. The number of ether oxygens (including phenoxy) is 2. The van der Waals surface area contributed by atoms with Gasteiger partial charge in [-0.05, 0) is 48.6 Å². The maximum absolute atomic E-state index is 11.6. The van der Waals surface area contributed by atoms with Crippen LogP contribution in [-0.2, 0) is 16.9 Å². The van der Waals surface area contributed by atoms with Crippen LogP contribution in [0.15, 0.2) is 48.5 Å². The first-order chi connectivity index (χ1) is 12.6. The van der Waals surface area contributed by atoms with Gasteiger partial charge in [-0.2, -0.15) is 0 Å². The third-order valence-corrected chi connectivity index (χ3v) is 5.85. The largest absolute Gasteiger partial charge is 0.497 e. The summed E-state index contributed by atoms with van der Waals surface area (Å²) in [4.78, 5) is 2.52. The molecular formula is C22H27NO3. The molecule has 2 fully saturated rings. The number of benzene rings is 2. The van der Waals surface area contributed by atoms with Crippen molar-refractivity contribution < 1.29 is 14.6 Å². The minimum atomic E-state index is -0.803. The van der Waals surface area contributed by atoms with Crippen LogP contribution in [0.2, 0.25) is 0 Å². The van der Waals surface area contributed by atoms with E-state index in [1.165, 1.54) is 5.56 Å². The lowest BCUT2D eigenvalue weighted by Crippen LogP contribution is -2.60. The molecule has 2 aliphatic heterocycles. The Morgan fingerprint density at radius 2 is 1.81 bits per heavy atom. The number of nitrogens with zero attached hydrogens (tertiary/aromatic N) is 1. The topological polar surface area (TPSA) is 41.9 Å². The maximum atomic E-state index is 11.6. The fourth-order valence-electron chi connectivity index (χ4n) is 4.60. The van der Waals surface area contributed by atoms with Crippen molar-refractivity contribution in [1.29, 1.82) is 0 Å². The van der Waals surface area contributed by atoms with E-state index < -0.39 is 5.60 Å². The van der Waals surface area contributed by atoms with E-state index in [0.29, 0.717) is 26.1 Å². The van der Waals surface area contributed by atoms with Gasteiger partial charge in [0.1, 0.15) is 5.75 Å². The molecule has 2 aromatic carbocycles. The van der Waals surface area contributed by atoms with Crippen LogP contribution >= 0.6 is 0 Å². The summed E-state index contributed by atoms with van der Waals surface area (Å²) in [6.07, 6.45) is 1.40. The number of morpholine rings is 1. The average Bonchev–Trinajstić information content (AvgIpc) is 2.63. The number of aryl methyl sites for hydroxylation is 1. The first-order valence-electron chi connectivity index (χ1n) is 9.34. The van der Waals surface area contributed by atoms with Crippen molar-refractivity contribution in [1.82, 2.24) is 4.90 Å². The van der Waals surface area contributed by atoms with Gasteiger partial charge < -0.3 is 14.6 Å². The summed E-state index contributed by atoms with van der Waals surface area (Å²) in [5.74, 6) is 0.833. The monoisotopic (exact) mass is 353 g/mol. The van der Waals surface area contributed by atoms with Crippen LogP contribution in [0.5, 0.6) is 5.75 Å². The molecule has 4 heteroatoms. The van der Waals surface area contributed by atoms with Gasteiger partial charge in [0.25, 0.3) is 0 Å². The van der Waals surface area contributed by atoms with Crippen molar-refractivity contribution in [3.8, 4) is 5.75 Å². The number of methoxy groups -OCH3 is 1. The fraction of sp³-hybridized carbons (Fsp3) is 0.455. The number of fused-ring (bicyclic) bond motifs is 2. The molecule has 2 heterocycles. The standard InChI is InChI=1S/C22H27NO3/c1-16-10-20(25-2)8-9-21(16)22(24)11-18-14-26-15-19(12-22)23(18)13-17-6-4-3-5-7-17/h3-10,18-19,24H,11-15H2,1-2H3. The highest BCUT2D eigenvalue weighted by molar-refractivity contribution is 5.39. The Morgan fingerprint density at radius 3 is 2.42 bits per heavy atom. The molecule has 1 N–H and O–H groups in total. The zero-order chi connectivity index (χ0) is 18.1. The summed E-state index contributed by atoms with van der Waals surface area (Å²) >= 11 is 0. The van der Waals surface area contributed by atoms with Gasteiger partial charge in [0, 0.05) is 18.6 Å². The minimum absolute atomic E-state index is 0.231. The first kappa shape index (κ1) is 17.5. The van der Waals surface area contributed by atoms with Crippen molar-refractivity contribution in [3.05, 3.63) is 65.2 Å². The van der Waals surface area contributed by atoms with E-state index in [4.69, 9.17) is 9.47 Å². The van der Waals surface area contributed by atoms with E-state index in [1.807, 2.05) is 18.2 Å². The van der Waals surface area contributed by atoms with E-state index in [9.17, 15) is 5.11 Å². The number of piperidine rings is 1. The zero-order valence-electron chi connectivity index (χ0n) is 15.5. The lowest BCUT2D eigenvalue weighted by Gasteiger charge is -2.52. The minimum Gasteiger partial charge on any atom is -0.497 e. The maximum Gasteiger partial charge on any atom is 0.119 e. The van der Waals surface area contributed by atoms with Crippen molar-refractivity contribution >= 4 is 0 Å². The second-order valence-electron chi connectivity index (χ2n) is 7.62. The van der Waals surface area contributed by atoms with E-state index in [1.54, 1.807) is 7.11 Å². The first-order valence-corrected chi connectivity index (χ1v) is 9.34. The summed E-state index contributed by atoms with van der Waals surface area (Å²) in [7, 11) is 1.67. The van der Waals surface area contributed by atoms with Gasteiger partial charge in [0.2, 0.25) is 0 Å². The molecule has 0 aliphatic carbocycles. The quantitative estimate of drug-likeness (QED) is 0.916. The van der Waals surface area contributed by atoms with E-state index in [2.05, 4.69) is 42.2 Å². The predicted octanol–water partition coefficient (Wildman–Crippen LogP) is 3.25. The molecule has 4 nitrogen and oxygen atoms in total. The Balaban J connectivity index is 1.59. The third-order valence-electron chi connectivity index (χ3n) is 5.85. The average molecular weight is 353 g/mol. The molecule has 2 saturated heterocycles. The normalized spacial score (nSPS) is 28.7. The Morgan fingerprint density at radius 1 is 1.12 bits per heavy atom. The molecule has 26 heavy (non-hydrogen) atoms. The number of aliphatic hydroxyl groups is 1. The second kappa shape index (κ2) is 7.03. The summed E-state index contributed by atoms with van der Waals surface area (Å²) in [5.41, 5.74) is 2.62. The van der Waals surface area contributed by atoms with Gasteiger partial charge in [-0.1, -0.05) is 36.4 Å². The highest BCUT2D eigenvalue weighted by atomic mass is 16.5. The van der Waals surface area contributed by atoms with Crippen molar-refractivity contribution in [2.24, 2.45) is 0 Å². The lowest BCUT2D eigenvalue weighted by molar-refractivity contribution is -0.149. The molecule has 4 rings (SSSR count). The SMILES string of the molecule is COc1ccc(C2(O)CC3COCC(C2)N3Cc2ccccc2)c(C)c1. The molecule has 138 valence electrons. The smallest absolute Gasteiger partial charge is 0.119 e. The summed E-state index contributed by atoms with van der Waals surface area (Å²) in [6.45, 7) is 4.33. The van der Waals surface area contributed by atoms with Crippen LogP contribution in [-0.4, -0.2) is 42.4 Å². The second-order valence-corrected chi connectivity index (χ2v) is 7.62. The Hall–Kier alpha value is -1.88. The van der Waals surface area contributed by atoms with Crippen molar-refractivity contribution in [2.75, 3.05) is 20.3 Å². The molecule has 0 spiro atoms. The van der Waals surface area contributed by atoms with Crippen molar-refractivity contribution in [3.63, 3.8) is 0 Å². The molecule has 2 aliphatic rings. The molecule has 0 radical (unpaired) electrons. The van der Waals surface area contributed by atoms with Crippen molar-refractivity contribution in [2.45, 2.75) is 44.0 Å². The lowest BCUT2D eigenvalue weighted by atomic mass is 9.75. The fourth-order valence-corrected chi connectivity index (χ4v) is 4.60. The zero-order valence-corrected chi connectivity index (χ0v) is 15.5. The Bertz CT molecular complexity index is 747. The van der Waals surface area contributed by atoms with Gasteiger partial charge in [-0.15, -0.1) is 0 Å². The molecule has 0 aromatic heterocycles. The Kier molecular flexibility index (Phi) is 4.74. The number of hydrogen-bond donors (Lipinski definition) is 1. The molecule has 2 unspecified atom stereocenters. The highest BCUT2D eigenvalue weighted by Gasteiger charge is 2.47. The molecule has 2 aromatic rings. The number of rotatable bonds is 4. The third kappa shape index (κ3) is 3.25. The molecule has 2 bridgehead atoms. The summed E-state index contributed by atoms with van der Waals surface area (Å²) in [6, 6.07) is 17.0. The van der Waals surface area contributed by atoms with E-state index in [-0.39, 0.29) is 12.1 Å².